The number of rotatable bonds is 6. The second-order valence-electron chi connectivity index (χ2n) is 9.88. The molecule has 2 fully saturated rings. The first-order valence-electron chi connectivity index (χ1n) is 12.6. The molecule has 216 valence electrons. The van der Waals surface area contributed by atoms with Crippen molar-refractivity contribution in [2.24, 2.45) is 0 Å². The molecule has 3 aliphatic rings. The summed E-state index contributed by atoms with van der Waals surface area (Å²) in [5.41, 5.74) is 0.868. The zero-order valence-electron chi connectivity index (χ0n) is 21.5. The molecule has 0 unspecified atom stereocenters. The highest BCUT2D eigenvalue weighted by Crippen LogP contribution is 2.41. The lowest BCUT2D eigenvalue weighted by Gasteiger charge is -2.41. The van der Waals surface area contributed by atoms with Crippen LogP contribution < -0.4 is 9.47 Å². The lowest BCUT2D eigenvalue weighted by atomic mass is 9.82. The molecule has 0 saturated carbocycles. The van der Waals surface area contributed by atoms with E-state index in [2.05, 4.69) is 0 Å². The molecule has 13 nitrogen and oxygen atoms in total. The highest BCUT2D eigenvalue weighted by atomic mass is 16.7. The molecule has 2 heterocycles. The fourth-order valence-corrected chi connectivity index (χ4v) is 5.07. The number of carbonyl (C=O) groups is 2. The summed E-state index contributed by atoms with van der Waals surface area (Å²) in [4.78, 5) is 26.5. The van der Waals surface area contributed by atoms with Crippen LogP contribution in [0.2, 0.25) is 0 Å². The van der Waals surface area contributed by atoms with E-state index in [0.717, 1.165) is 0 Å². The first-order valence-corrected chi connectivity index (χ1v) is 12.6. The van der Waals surface area contributed by atoms with Gasteiger partial charge in [0.15, 0.2) is 17.9 Å². The number of hydrogen-bond acceptors (Lipinski definition) is 13. The van der Waals surface area contributed by atoms with Crippen LogP contribution in [0.4, 0.5) is 0 Å². The van der Waals surface area contributed by atoms with E-state index in [0.29, 0.717) is 5.56 Å². The smallest absolute Gasteiger partial charge is 0.229 e. The Labute approximate surface area is 228 Å². The van der Waals surface area contributed by atoms with Crippen molar-refractivity contribution in [2.75, 3.05) is 20.3 Å². The van der Waals surface area contributed by atoms with Crippen LogP contribution in [0, 0.1) is 6.92 Å². The summed E-state index contributed by atoms with van der Waals surface area (Å²) in [5.74, 6) is -0.716. The molecular weight excluding hydrogens is 532 g/mol. The van der Waals surface area contributed by atoms with Crippen molar-refractivity contribution in [3.63, 3.8) is 0 Å². The molecule has 2 aromatic carbocycles. The zero-order chi connectivity index (χ0) is 28.9. The van der Waals surface area contributed by atoms with Crippen molar-refractivity contribution in [3.05, 3.63) is 58.1 Å². The number of ether oxygens (including phenoxy) is 5. The Balaban J connectivity index is 1.39. The second kappa shape index (κ2) is 11.1. The quantitative estimate of drug-likeness (QED) is 0.201. The van der Waals surface area contributed by atoms with Gasteiger partial charge in [-0.25, -0.2) is 0 Å². The van der Waals surface area contributed by atoms with E-state index in [1.54, 1.807) is 25.1 Å². The lowest BCUT2D eigenvalue weighted by molar-refractivity contribution is -0.307. The van der Waals surface area contributed by atoms with E-state index in [-0.39, 0.29) is 40.4 Å². The van der Waals surface area contributed by atoms with Gasteiger partial charge < -0.3 is 54.3 Å². The van der Waals surface area contributed by atoms with E-state index in [1.807, 2.05) is 0 Å². The predicted octanol–water partition coefficient (Wildman–Crippen LogP) is -1.58. The van der Waals surface area contributed by atoms with E-state index < -0.39 is 73.5 Å². The first kappa shape index (κ1) is 28.5. The molecule has 5 rings (SSSR count). The highest BCUT2D eigenvalue weighted by molar-refractivity contribution is 6.29. The van der Waals surface area contributed by atoms with Crippen LogP contribution in [0.5, 0.6) is 11.5 Å². The molecule has 0 bridgehead atoms. The van der Waals surface area contributed by atoms with Crippen LogP contribution in [-0.2, 0) is 14.2 Å². The molecule has 1 aliphatic carbocycles. The van der Waals surface area contributed by atoms with Crippen molar-refractivity contribution in [1.82, 2.24) is 0 Å². The van der Waals surface area contributed by atoms with Crippen molar-refractivity contribution < 1.29 is 63.9 Å². The Bertz CT molecular complexity index is 1300. The van der Waals surface area contributed by atoms with Gasteiger partial charge in [-0.05, 0) is 13.0 Å². The molecule has 2 aliphatic heterocycles. The number of carbonyl (C=O) groups excluding carboxylic acids is 2. The molecule has 6 N–H and O–H groups in total. The number of ketones is 2. The van der Waals surface area contributed by atoms with Gasteiger partial charge in [-0.3, -0.25) is 9.59 Å². The average molecular weight is 563 g/mol. The number of aliphatic hydroxyl groups excluding tert-OH is 6. The van der Waals surface area contributed by atoms with E-state index >= 15 is 0 Å². The van der Waals surface area contributed by atoms with E-state index in [9.17, 15) is 40.2 Å². The summed E-state index contributed by atoms with van der Waals surface area (Å²) in [6.45, 7) is 0.802. The minimum absolute atomic E-state index is 0.0200. The molecule has 0 spiro atoms. The van der Waals surface area contributed by atoms with Gasteiger partial charge in [0.05, 0.1) is 25.9 Å². The Morgan fingerprint density at radius 1 is 0.850 bits per heavy atom. The molecule has 9 atom stereocenters. The van der Waals surface area contributed by atoms with Crippen LogP contribution in [0.25, 0.3) is 0 Å². The number of fused-ring (bicyclic) bond motifs is 2. The molecule has 2 aromatic rings. The zero-order valence-corrected chi connectivity index (χ0v) is 21.5. The van der Waals surface area contributed by atoms with Gasteiger partial charge in [0.1, 0.15) is 54.2 Å². The molecule has 0 radical (unpaired) electrons. The van der Waals surface area contributed by atoms with Gasteiger partial charge in [0.2, 0.25) is 6.29 Å². The summed E-state index contributed by atoms with van der Waals surface area (Å²) >= 11 is 0. The maximum atomic E-state index is 13.3. The molecule has 40 heavy (non-hydrogen) atoms. The number of benzene rings is 2. The van der Waals surface area contributed by atoms with Crippen LogP contribution in [0.3, 0.4) is 0 Å². The maximum absolute atomic E-state index is 13.3. The van der Waals surface area contributed by atoms with Gasteiger partial charge in [-0.2, -0.15) is 0 Å². The fourth-order valence-electron chi connectivity index (χ4n) is 5.07. The summed E-state index contributed by atoms with van der Waals surface area (Å²) in [6.07, 6.45) is -13.8. The number of aliphatic hydroxyl groups is 6. The van der Waals surface area contributed by atoms with Crippen molar-refractivity contribution >= 4 is 11.6 Å². The number of methoxy groups -OCH3 is 1. The molecule has 0 amide bonds. The normalized spacial score (nSPS) is 33.8. The van der Waals surface area contributed by atoms with Gasteiger partial charge >= 0.3 is 0 Å². The fraction of sp³-hybridized carbons (Fsp3) is 0.481. The largest absolute Gasteiger partial charge is 0.496 e. The van der Waals surface area contributed by atoms with Crippen molar-refractivity contribution in [1.29, 1.82) is 0 Å². The van der Waals surface area contributed by atoms with Crippen LogP contribution >= 0.6 is 0 Å². The highest BCUT2D eigenvalue weighted by Gasteiger charge is 2.47. The summed E-state index contributed by atoms with van der Waals surface area (Å²) in [6, 6.07) is 7.72. The Morgan fingerprint density at radius 2 is 1.50 bits per heavy atom. The summed E-state index contributed by atoms with van der Waals surface area (Å²) < 4.78 is 27.6. The van der Waals surface area contributed by atoms with Crippen LogP contribution in [0.1, 0.15) is 37.4 Å². The lowest BCUT2D eigenvalue weighted by Crippen LogP contribution is -2.61. The van der Waals surface area contributed by atoms with Gasteiger partial charge in [0.25, 0.3) is 0 Å². The molecule has 13 heteroatoms. The minimum Gasteiger partial charge on any atom is -0.496 e. The molecular formula is C27H30O13. The third kappa shape index (κ3) is 4.79. The third-order valence-corrected chi connectivity index (χ3v) is 7.36. The van der Waals surface area contributed by atoms with Gasteiger partial charge in [0, 0.05) is 22.3 Å². The van der Waals surface area contributed by atoms with Crippen LogP contribution in [0.15, 0.2) is 30.3 Å². The average Bonchev–Trinajstić information content (AvgIpc) is 2.95. The Hall–Kier alpha value is -2.98. The second-order valence-corrected chi connectivity index (χ2v) is 9.88. The maximum Gasteiger partial charge on any atom is 0.229 e. The first-order chi connectivity index (χ1) is 19.0. The SMILES string of the molecule is COc1c(C)c(O[C@@H]2O[C@H](CO[C@@H]3OC[C@@H](O)[C@H](O)[C@H]3O)[C@@H](O)[C@H](O)[C@H]2O)cc2c1C(=O)c1ccccc1C2=O. The number of hydrogen-bond donors (Lipinski definition) is 6. The summed E-state index contributed by atoms with van der Waals surface area (Å²) in [7, 11) is 1.34. The third-order valence-electron chi connectivity index (χ3n) is 7.36. The van der Waals surface area contributed by atoms with E-state index in [4.69, 9.17) is 23.7 Å². The standard InChI is InChI=1S/C27H30O13/c1-10-15(7-13-17(25(10)36-2)19(30)12-6-4-3-5-11(12)18(13)29)39-27-24(35)22(33)21(32)16(40-27)9-38-26-23(34)20(31)14(28)8-37-26/h3-7,14,16,20-24,26-28,31-35H,8-9H2,1-2H3/t14-,16-,20+,21-,22+,23-,24-,26+,27-/m1/s1. The topological polar surface area (TPSA) is 202 Å². The van der Waals surface area contributed by atoms with Gasteiger partial charge in [-0.15, -0.1) is 0 Å². The Kier molecular flexibility index (Phi) is 7.94. The molecule has 0 aromatic heterocycles. The van der Waals surface area contributed by atoms with Crippen molar-refractivity contribution in [2.45, 2.75) is 62.2 Å². The Morgan fingerprint density at radius 3 is 2.17 bits per heavy atom. The summed E-state index contributed by atoms with van der Waals surface area (Å²) in [5, 5.41) is 61.1. The van der Waals surface area contributed by atoms with Crippen LogP contribution in [-0.4, -0.2) is 118 Å². The molecule has 2 saturated heterocycles. The predicted molar refractivity (Wildman–Crippen MR) is 132 cm³/mol. The monoisotopic (exact) mass is 562 g/mol. The van der Waals surface area contributed by atoms with Crippen molar-refractivity contribution in [3.8, 4) is 11.5 Å². The van der Waals surface area contributed by atoms with Gasteiger partial charge in [-0.1, -0.05) is 24.3 Å². The van der Waals surface area contributed by atoms with E-state index in [1.165, 1.54) is 19.2 Å². The minimum atomic E-state index is -1.74.